The molecule has 0 saturated carbocycles. The molecule has 0 radical (unpaired) electrons. The van der Waals surface area contributed by atoms with E-state index in [2.05, 4.69) is 6.58 Å². The van der Waals surface area contributed by atoms with Gasteiger partial charge in [0.15, 0.2) is 4.75 Å². The third-order valence-electron chi connectivity index (χ3n) is 4.22. The summed E-state index contributed by atoms with van der Waals surface area (Å²) in [5.74, 6) is -0.0806. The maximum Gasteiger partial charge on any atom is 0.328 e. The summed E-state index contributed by atoms with van der Waals surface area (Å²) in [5.41, 5.74) is 1.38. The van der Waals surface area contributed by atoms with Crippen molar-refractivity contribution in [2.45, 2.75) is 50.9 Å². The number of hydrogen-bond acceptors (Lipinski definition) is 4. The number of esters is 1. The topological polar surface area (TPSA) is 52.6 Å². The number of ether oxygens (including phenoxy) is 1. The van der Waals surface area contributed by atoms with Gasteiger partial charge < -0.3 is 8.92 Å². The van der Waals surface area contributed by atoms with E-state index >= 15 is 0 Å². The Balaban J connectivity index is 2.22. The van der Waals surface area contributed by atoms with Gasteiger partial charge in [-0.05, 0) is 63.8 Å². The average molecular weight is 401 g/mol. The summed E-state index contributed by atoms with van der Waals surface area (Å²) in [6, 6.07) is 16.7. The third kappa shape index (κ3) is 6.06. The second kappa shape index (κ2) is 9.20. The Morgan fingerprint density at radius 2 is 1.64 bits per heavy atom. The smallest absolute Gasteiger partial charge is 0.328 e. The summed E-state index contributed by atoms with van der Waals surface area (Å²) >= 11 is -1.91. The van der Waals surface area contributed by atoms with Crippen LogP contribution < -0.4 is 4.18 Å². The molecule has 28 heavy (non-hydrogen) atoms. The van der Waals surface area contributed by atoms with Gasteiger partial charge in [-0.25, -0.2) is 4.21 Å². The van der Waals surface area contributed by atoms with Crippen LogP contribution in [0.2, 0.25) is 0 Å². The van der Waals surface area contributed by atoms with Crippen molar-refractivity contribution in [1.29, 1.82) is 0 Å². The monoisotopic (exact) mass is 400 g/mol. The summed E-state index contributed by atoms with van der Waals surface area (Å²) in [6.07, 6.45) is 2.67. The molecule has 2 rings (SSSR count). The molecule has 0 heterocycles. The van der Waals surface area contributed by atoms with Gasteiger partial charge in [-0.1, -0.05) is 55.1 Å². The lowest BCUT2D eigenvalue weighted by Gasteiger charge is -2.30. The van der Waals surface area contributed by atoms with Gasteiger partial charge in [-0.3, -0.25) is 4.79 Å². The van der Waals surface area contributed by atoms with Gasteiger partial charge >= 0.3 is 5.97 Å². The summed E-state index contributed by atoms with van der Waals surface area (Å²) in [7, 11) is 0. The zero-order valence-electron chi connectivity index (χ0n) is 16.9. The van der Waals surface area contributed by atoms with Crippen molar-refractivity contribution in [3.05, 3.63) is 72.3 Å². The molecule has 0 bridgehead atoms. The summed E-state index contributed by atoms with van der Waals surface area (Å²) in [5, 5.41) is 0. The number of carbonyl (C=O) groups excluding carboxylic acids is 1. The SMILES string of the molecule is C=Cc1ccc(CCC(C)(C(=O)OC(C)(C)C)S(=O)Oc2ccccc2)cc1. The fourth-order valence-corrected chi connectivity index (χ4v) is 3.41. The standard InChI is InChI=1S/C23H28O4S/c1-6-18-12-14-19(15-13-18)16-17-23(5,21(24)26-22(2,3)4)28(25)27-20-10-8-7-9-11-20/h6-15H,1,16-17H2,2-5H3. The van der Waals surface area contributed by atoms with Crippen LogP contribution in [-0.2, 0) is 27.0 Å². The minimum atomic E-state index is -1.91. The van der Waals surface area contributed by atoms with Gasteiger partial charge in [0.1, 0.15) is 11.4 Å². The highest BCUT2D eigenvalue weighted by Gasteiger charge is 2.45. The van der Waals surface area contributed by atoms with Crippen molar-refractivity contribution in [2.24, 2.45) is 0 Å². The first kappa shape index (κ1) is 21.9. The quantitative estimate of drug-likeness (QED) is 0.578. The molecule has 2 unspecified atom stereocenters. The van der Waals surface area contributed by atoms with E-state index in [0.29, 0.717) is 18.6 Å². The van der Waals surface area contributed by atoms with Gasteiger partial charge in [-0.2, -0.15) is 0 Å². The summed E-state index contributed by atoms with van der Waals surface area (Å²) < 4.78 is 22.9. The molecule has 0 N–H and O–H groups in total. The molecule has 0 spiro atoms. The molecule has 0 aromatic heterocycles. The van der Waals surface area contributed by atoms with Crippen molar-refractivity contribution in [1.82, 2.24) is 0 Å². The van der Waals surface area contributed by atoms with Gasteiger partial charge in [0.2, 0.25) is 11.1 Å². The van der Waals surface area contributed by atoms with Crippen LogP contribution in [0.1, 0.15) is 45.2 Å². The number of benzene rings is 2. The van der Waals surface area contributed by atoms with E-state index in [9.17, 15) is 9.00 Å². The Morgan fingerprint density at radius 1 is 1.04 bits per heavy atom. The molecule has 0 fully saturated rings. The van der Waals surface area contributed by atoms with Crippen molar-refractivity contribution in [3.8, 4) is 5.75 Å². The number of rotatable bonds is 8. The predicted molar refractivity (Wildman–Crippen MR) is 114 cm³/mol. The van der Waals surface area contributed by atoms with Gasteiger partial charge in [0.25, 0.3) is 0 Å². The molecule has 0 aliphatic carbocycles. The zero-order valence-corrected chi connectivity index (χ0v) is 17.8. The molecule has 2 aromatic rings. The highest BCUT2D eigenvalue weighted by atomic mass is 32.2. The molecule has 0 saturated heterocycles. The predicted octanol–water partition coefficient (Wildman–Crippen LogP) is 5.11. The number of hydrogen-bond donors (Lipinski definition) is 0. The van der Waals surface area contributed by atoms with E-state index in [1.54, 1.807) is 58.0 Å². The average Bonchev–Trinajstić information content (AvgIpc) is 2.65. The highest BCUT2D eigenvalue weighted by Crippen LogP contribution is 2.28. The van der Waals surface area contributed by atoms with Crippen LogP contribution in [0, 0.1) is 0 Å². The van der Waals surface area contributed by atoms with Gasteiger partial charge in [-0.15, -0.1) is 0 Å². The van der Waals surface area contributed by atoms with Crippen molar-refractivity contribution >= 4 is 23.1 Å². The second-order valence-corrected chi connectivity index (χ2v) is 9.35. The molecule has 150 valence electrons. The highest BCUT2D eigenvalue weighted by molar-refractivity contribution is 7.83. The fourth-order valence-electron chi connectivity index (χ4n) is 2.50. The van der Waals surface area contributed by atoms with Crippen molar-refractivity contribution in [3.63, 3.8) is 0 Å². The molecule has 2 aromatic carbocycles. The zero-order chi connectivity index (χ0) is 20.8. The maximum atomic E-state index is 13.1. The number of carbonyl (C=O) groups is 1. The van der Waals surface area contributed by atoms with E-state index in [-0.39, 0.29) is 0 Å². The molecule has 5 heteroatoms. The second-order valence-electron chi connectivity index (χ2n) is 7.81. The normalized spacial score (nSPS) is 14.6. The lowest BCUT2D eigenvalue weighted by atomic mass is 9.99. The first-order valence-electron chi connectivity index (χ1n) is 9.24. The Bertz CT molecular complexity index is 822. The minimum absolute atomic E-state index is 0.328. The maximum absolute atomic E-state index is 13.1. The van der Waals surface area contributed by atoms with Crippen molar-refractivity contribution in [2.75, 3.05) is 0 Å². The van der Waals surface area contributed by atoms with Crippen LogP contribution in [0.25, 0.3) is 6.08 Å². The lowest BCUT2D eigenvalue weighted by molar-refractivity contribution is -0.157. The molecule has 0 aliphatic heterocycles. The van der Waals surface area contributed by atoms with E-state index in [1.165, 1.54) is 0 Å². The van der Waals surface area contributed by atoms with Crippen LogP contribution in [0.5, 0.6) is 5.75 Å². The Morgan fingerprint density at radius 3 is 2.18 bits per heavy atom. The van der Waals surface area contributed by atoms with E-state index < -0.39 is 27.4 Å². The number of para-hydroxylation sites is 1. The third-order valence-corrected chi connectivity index (χ3v) is 5.67. The first-order valence-corrected chi connectivity index (χ1v) is 10.3. The summed E-state index contributed by atoms with van der Waals surface area (Å²) in [6.45, 7) is 10.8. The molecule has 0 amide bonds. The largest absolute Gasteiger partial charge is 0.459 e. The molecule has 2 atom stereocenters. The Labute approximate surface area is 170 Å². The summed E-state index contributed by atoms with van der Waals surface area (Å²) in [4.78, 5) is 12.9. The molecule has 4 nitrogen and oxygen atoms in total. The lowest BCUT2D eigenvalue weighted by Crippen LogP contribution is -2.46. The fraction of sp³-hybridized carbons (Fsp3) is 0.348. The number of aryl methyl sites for hydroxylation is 1. The molecular weight excluding hydrogens is 372 g/mol. The molecular formula is C23H28O4S. The van der Waals surface area contributed by atoms with Crippen LogP contribution in [-0.4, -0.2) is 20.5 Å². The van der Waals surface area contributed by atoms with E-state index in [0.717, 1.165) is 11.1 Å². The van der Waals surface area contributed by atoms with Crippen LogP contribution in [0.4, 0.5) is 0 Å². The van der Waals surface area contributed by atoms with Crippen LogP contribution >= 0.6 is 0 Å². The molecule has 0 aliphatic rings. The van der Waals surface area contributed by atoms with Gasteiger partial charge in [0, 0.05) is 0 Å². The van der Waals surface area contributed by atoms with Crippen LogP contribution in [0.3, 0.4) is 0 Å². The van der Waals surface area contributed by atoms with E-state index in [4.69, 9.17) is 8.92 Å². The minimum Gasteiger partial charge on any atom is -0.459 e. The van der Waals surface area contributed by atoms with Crippen LogP contribution in [0.15, 0.2) is 61.2 Å². The Kier molecular flexibility index (Phi) is 7.19. The van der Waals surface area contributed by atoms with E-state index in [1.807, 2.05) is 30.3 Å². The Hall–Kier alpha value is -2.40. The van der Waals surface area contributed by atoms with Crippen molar-refractivity contribution < 1.29 is 17.9 Å². The van der Waals surface area contributed by atoms with Gasteiger partial charge in [0.05, 0.1) is 0 Å². The first-order chi connectivity index (χ1) is 13.1.